The van der Waals surface area contributed by atoms with Crippen LogP contribution in [-0.4, -0.2) is 42.5 Å². The number of likely N-dealkylation sites (tertiary alicyclic amines) is 1. The Labute approximate surface area is 116 Å². The first kappa shape index (κ1) is 13.6. The minimum atomic E-state index is 0.308. The van der Waals surface area contributed by atoms with Gasteiger partial charge in [0.15, 0.2) is 0 Å². The van der Waals surface area contributed by atoms with Crippen LogP contribution in [0.2, 0.25) is 0 Å². The summed E-state index contributed by atoms with van der Waals surface area (Å²) in [6.07, 6.45) is 9.00. The van der Waals surface area contributed by atoms with Crippen LogP contribution in [-0.2, 0) is 9.53 Å². The van der Waals surface area contributed by atoms with Gasteiger partial charge in [0.1, 0.15) is 5.78 Å². The van der Waals surface area contributed by atoms with Gasteiger partial charge in [0.05, 0.1) is 12.2 Å². The van der Waals surface area contributed by atoms with E-state index in [-0.39, 0.29) is 0 Å². The summed E-state index contributed by atoms with van der Waals surface area (Å²) < 4.78 is 5.88. The molecule has 1 saturated carbocycles. The number of morpholine rings is 1. The molecule has 0 N–H and O–H groups in total. The molecular formula is C16H27NO2. The van der Waals surface area contributed by atoms with Crippen LogP contribution >= 0.6 is 0 Å². The second-order valence-corrected chi connectivity index (χ2v) is 6.77. The van der Waals surface area contributed by atoms with Crippen LogP contribution in [0.3, 0.4) is 0 Å². The molecule has 2 heterocycles. The summed E-state index contributed by atoms with van der Waals surface area (Å²) in [6.45, 7) is 5.36. The van der Waals surface area contributed by atoms with E-state index < -0.39 is 0 Å². The molecule has 2 bridgehead atoms. The van der Waals surface area contributed by atoms with Crippen molar-refractivity contribution in [3.8, 4) is 0 Å². The van der Waals surface area contributed by atoms with Crippen molar-refractivity contribution in [3.63, 3.8) is 0 Å². The Hall–Kier alpha value is -0.410. The first-order valence-electron chi connectivity index (χ1n) is 8.15. The van der Waals surface area contributed by atoms with Crippen molar-refractivity contribution in [1.29, 1.82) is 0 Å². The van der Waals surface area contributed by atoms with E-state index >= 15 is 0 Å². The second kappa shape index (κ2) is 5.92. The molecule has 0 aromatic heterocycles. The van der Waals surface area contributed by atoms with Crippen LogP contribution in [0.1, 0.15) is 51.9 Å². The summed E-state index contributed by atoms with van der Waals surface area (Å²) in [5.41, 5.74) is 0. The highest BCUT2D eigenvalue weighted by molar-refractivity contribution is 5.81. The summed E-state index contributed by atoms with van der Waals surface area (Å²) >= 11 is 0. The Kier molecular flexibility index (Phi) is 4.23. The maximum atomic E-state index is 12.1. The smallest absolute Gasteiger partial charge is 0.137 e. The van der Waals surface area contributed by atoms with Crippen LogP contribution in [0.25, 0.3) is 0 Å². The van der Waals surface area contributed by atoms with Gasteiger partial charge in [0, 0.05) is 32.0 Å². The molecule has 0 spiro atoms. The molecule has 0 radical (unpaired) electrons. The third-order valence-corrected chi connectivity index (χ3v) is 5.17. The fourth-order valence-corrected chi connectivity index (χ4v) is 4.21. The first-order valence-corrected chi connectivity index (χ1v) is 8.15. The molecule has 0 aromatic carbocycles. The van der Waals surface area contributed by atoms with Crippen LogP contribution in [0.15, 0.2) is 0 Å². The first-order chi connectivity index (χ1) is 9.24. The summed E-state index contributed by atoms with van der Waals surface area (Å²) in [5, 5.41) is 0. The number of ether oxygens (including phenoxy) is 1. The number of fused-ring (bicyclic) bond motifs is 2. The molecule has 2 aliphatic heterocycles. The monoisotopic (exact) mass is 265 g/mol. The predicted octanol–water partition coefficient (Wildman–Crippen LogP) is 2.64. The fraction of sp³-hybridized carbons (Fsp3) is 0.938. The van der Waals surface area contributed by atoms with E-state index in [2.05, 4.69) is 11.8 Å². The lowest BCUT2D eigenvalue weighted by Crippen LogP contribution is -2.46. The van der Waals surface area contributed by atoms with E-state index in [1.807, 2.05) is 0 Å². The summed E-state index contributed by atoms with van der Waals surface area (Å²) in [7, 11) is 0. The van der Waals surface area contributed by atoms with Crippen LogP contribution < -0.4 is 0 Å². The molecule has 4 unspecified atom stereocenters. The topological polar surface area (TPSA) is 29.5 Å². The number of carbonyl (C=O) groups excluding carboxylic acids is 1. The zero-order valence-electron chi connectivity index (χ0n) is 12.1. The lowest BCUT2D eigenvalue weighted by atomic mass is 9.78. The van der Waals surface area contributed by atoms with Crippen LogP contribution in [0.5, 0.6) is 0 Å². The molecule has 3 rings (SSSR count). The normalized spacial score (nSPS) is 39.7. The number of rotatable bonds is 4. The van der Waals surface area contributed by atoms with Gasteiger partial charge in [-0.1, -0.05) is 19.8 Å². The van der Waals surface area contributed by atoms with E-state index in [4.69, 9.17) is 4.74 Å². The van der Waals surface area contributed by atoms with Crippen molar-refractivity contribution in [1.82, 2.24) is 4.90 Å². The van der Waals surface area contributed by atoms with E-state index in [1.54, 1.807) is 0 Å². The molecule has 19 heavy (non-hydrogen) atoms. The van der Waals surface area contributed by atoms with Gasteiger partial charge in [0.25, 0.3) is 0 Å². The van der Waals surface area contributed by atoms with Crippen molar-refractivity contribution < 1.29 is 9.53 Å². The van der Waals surface area contributed by atoms with Crippen molar-refractivity contribution >= 4 is 5.78 Å². The van der Waals surface area contributed by atoms with Crippen molar-refractivity contribution in [3.05, 3.63) is 0 Å². The van der Waals surface area contributed by atoms with Crippen LogP contribution in [0, 0.1) is 11.8 Å². The molecule has 3 aliphatic rings. The predicted molar refractivity (Wildman–Crippen MR) is 75.1 cm³/mol. The highest BCUT2D eigenvalue weighted by Gasteiger charge is 2.36. The number of ketones is 1. The number of hydrogen-bond acceptors (Lipinski definition) is 3. The molecule has 4 atom stereocenters. The van der Waals surface area contributed by atoms with Gasteiger partial charge < -0.3 is 4.74 Å². The Balaban J connectivity index is 1.54. The maximum Gasteiger partial charge on any atom is 0.137 e. The van der Waals surface area contributed by atoms with E-state index in [9.17, 15) is 4.79 Å². The molecule has 3 nitrogen and oxygen atoms in total. The largest absolute Gasteiger partial charge is 0.372 e. The molecule has 2 saturated heterocycles. The van der Waals surface area contributed by atoms with Gasteiger partial charge in [-0.3, -0.25) is 9.69 Å². The quantitative estimate of drug-likeness (QED) is 0.782. The number of nitrogens with zero attached hydrogens (tertiary/aromatic N) is 1. The van der Waals surface area contributed by atoms with Gasteiger partial charge in [-0.25, -0.2) is 0 Å². The zero-order chi connectivity index (χ0) is 13.2. The van der Waals surface area contributed by atoms with Crippen molar-refractivity contribution in [2.45, 2.75) is 64.1 Å². The van der Waals surface area contributed by atoms with E-state index in [0.717, 1.165) is 44.8 Å². The standard InChI is InChI=1S/C16H27NO2/c1-2-3-12-4-7-16(18)13(8-12)9-17-10-14-5-6-15(11-17)19-14/h12-15H,2-11H2,1H3. The molecule has 3 heteroatoms. The summed E-state index contributed by atoms with van der Waals surface area (Å²) in [6, 6.07) is 0. The Morgan fingerprint density at radius 3 is 2.63 bits per heavy atom. The molecule has 3 fully saturated rings. The zero-order valence-corrected chi connectivity index (χ0v) is 12.1. The minimum Gasteiger partial charge on any atom is -0.372 e. The van der Waals surface area contributed by atoms with Gasteiger partial charge in [-0.2, -0.15) is 0 Å². The number of hydrogen-bond donors (Lipinski definition) is 0. The SMILES string of the molecule is CCCC1CCC(=O)C(CN2CC3CCC(C2)O3)C1. The fourth-order valence-electron chi connectivity index (χ4n) is 4.21. The lowest BCUT2D eigenvalue weighted by Gasteiger charge is -2.36. The Morgan fingerprint density at radius 2 is 1.95 bits per heavy atom. The third-order valence-electron chi connectivity index (χ3n) is 5.17. The Morgan fingerprint density at radius 1 is 1.21 bits per heavy atom. The van der Waals surface area contributed by atoms with E-state index in [1.165, 1.54) is 25.7 Å². The highest BCUT2D eigenvalue weighted by atomic mass is 16.5. The second-order valence-electron chi connectivity index (χ2n) is 6.77. The molecule has 0 amide bonds. The highest BCUT2D eigenvalue weighted by Crippen LogP contribution is 2.32. The van der Waals surface area contributed by atoms with Gasteiger partial charge in [-0.15, -0.1) is 0 Å². The summed E-state index contributed by atoms with van der Waals surface area (Å²) in [4.78, 5) is 14.6. The average molecular weight is 265 g/mol. The van der Waals surface area contributed by atoms with Gasteiger partial charge >= 0.3 is 0 Å². The lowest BCUT2D eigenvalue weighted by molar-refractivity contribution is -0.127. The molecule has 1 aliphatic carbocycles. The number of carbonyl (C=O) groups is 1. The van der Waals surface area contributed by atoms with Gasteiger partial charge in [-0.05, 0) is 31.6 Å². The van der Waals surface area contributed by atoms with Crippen molar-refractivity contribution in [2.75, 3.05) is 19.6 Å². The third kappa shape index (κ3) is 3.19. The summed E-state index contributed by atoms with van der Waals surface area (Å²) in [5.74, 6) is 1.62. The molecule has 108 valence electrons. The van der Waals surface area contributed by atoms with Crippen LogP contribution in [0.4, 0.5) is 0 Å². The van der Waals surface area contributed by atoms with Crippen molar-refractivity contribution in [2.24, 2.45) is 11.8 Å². The number of Topliss-reactive ketones (excluding diaryl/α,β-unsaturated/α-hetero) is 1. The Bertz CT molecular complexity index is 319. The van der Waals surface area contributed by atoms with Gasteiger partial charge in [0.2, 0.25) is 0 Å². The molecular weight excluding hydrogens is 238 g/mol. The molecule has 0 aromatic rings. The average Bonchev–Trinajstić information content (AvgIpc) is 2.73. The van der Waals surface area contributed by atoms with E-state index in [0.29, 0.717) is 23.9 Å². The maximum absolute atomic E-state index is 12.1. The minimum absolute atomic E-state index is 0.308.